The van der Waals surface area contributed by atoms with Crippen LogP contribution in [0.1, 0.15) is 47.1 Å². The van der Waals surface area contributed by atoms with E-state index < -0.39 is 5.60 Å². The van der Waals surface area contributed by atoms with Crippen LogP contribution in [0.4, 0.5) is 0 Å². The fraction of sp³-hybridized carbons (Fsp3) is 0.643. The summed E-state index contributed by atoms with van der Waals surface area (Å²) in [4.78, 5) is 4.13. The van der Waals surface area contributed by atoms with Gasteiger partial charge in [-0.2, -0.15) is 0 Å². The van der Waals surface area contributed by atoms with E-state index in [4.69, 9.17) is 4.74 Å². The summed E-state index contributed by atoms with van der Waals surface area (Å²) in [5.74, 6) is 0.696. The molecule has 1 rings (SSSR count). The molecule has 1 heterocycles. The average molecular weight is 237 g/mol. The largest absolute Gasteiger partial charge is 0.489 e. The fourth-order valence-corrected chi connectivity index (χ4v) is 1.45. The molecule has 0 saturated carbocycles. The molecule has 0 aromatic carbocycles. The first kappa shape index (κ1) is 14.0. The lowest BCUT2D eigenvalue weighted by atomic mass is 9.74. The molecule has 0 amide bonds. The van der Waals surface area contributed by atoms with Crippen LogP contribution in [0.5, 0.6) is 5.75 Å². The van der Waals surface area contributed by atoms with Crippen LogP contribution in [0.15, 0.2) is 18.5 Å². The molecule has 1 unspecified atom stereocenters. The molecule has 0 aliphatic rings. The van der Waals surface area contributed by atoms with Crippen LogP contribution in [-0.4, -0.2) is 16.2 Å². The number of ether oxygens (including phenoxy) is 1. The third-order valence-corrected chi connectivity index (χ3v) is 3.11. The van der Waals surface area contributed by atoms with Gasteiger partial charge in [-0.25, -0.2) is 0 Å². The second-order valence-electron chi connectivity index (χ2n) is 5.90. The van der Waals surface area contributed by atoms with E-state index in [1.165, 1.54) is 0 Å². The van der Waals surface area contributed by atoms with E-state index in [1.54, 1.807) is 12.4 Å². The summed E-state index contributed by atoms with van der Waals surface area (Å²) in [6.45, 7) is 11.8. The van der Waals surface area contributed by atoms with E-state index in [1.807, 2.05) is 47.6 Å². The molecule has 0 radical (unpaired) electrons. The Morgan fingerprint density at radius 3 is 2.24 bits per heavy atom. The number of hydrogen-bond acceptors (Lipinski definition) is 3. The standard InChI is InChI=1S/C14H23NO2/c1-10(2)17-12-7-11(8-15-9-12)14(6,16)13(3,4)5/h7-10,16H,1-6H3. The van der Waals surface area contributed by atoms with Crippen LogP contribution in [0.25, 0.3) is 0 Å². The minimum atomic E-state index is -0.934. The van der Waals surface area contributed by atoms with Gasteiger partial charge in [-0.3, -0.25) is 4.98 Å². The highest BCUT2D eigenvalue weighted by atomic mass is 16.5. The van der Waals surface area contributed by atoms with Crippen molar-refractivity contribution in [3.05, 3.63) is 24.0 Å². The van der Waals surface area contributed by atoms with Gasteiger partial charge >= 0.3 is 0 Å². The quantitative estimate of drug-likeness (QED) is 0.878. The van der Waals surface area contributed by atoms with Crippen LogP contribution >= 0.6 is 0 Å². The average Bonchev–Trinajstić information content (AvgIpc) is 2.15. The van der Waals surface area contributed by atoms with Gasteiger partial charge in [0.15, 0.2) is 0 Å². The first-order valence-corrected chi connectivity index (χ1v) is 5.99. The molecular weight excluding hydrogens is 214 g/mol. The monoisotopic (exact) mass is 237 g/mol. The van der Waals surface area contributed by atoms with E-state index in [9.17, 15) is 5.11 Å². The van der Waals surface area contributed by atoms with Gasteiger partial charge < -0.3 is 9.84 Å². The van der Waals surface area contributed by atoms with Crippen LogP contribution < -0.4 is 4.74 Å². The molecule has 0 spiro atoms. The SMILES string of the molecule is CC(C)Oc1cncc(C(C)(O)C(C)(C)C)c1. The summed E-state index contributed by atoms with van der Waals surface area (Å²) in [7, 11) is 0. The molecule has 1 aromatic heterocycles. The van der Waals surface area contributed by atoms with Crippen molar-refractivity contribution in [3.63, 3.8) is 0 Å². The molecule has 96 valence electrons. The van der Waals surface area contributed by atoms with E-state index >= 15 is 0 Å². The van der Waals surface area contributed by atoms with Gasteiger partial charge in [-0.1, -0.05) is 20.8 Å². The molecule has 0 aliphatic heterocycles. The summed E-state index contributed by atoms with van der Waals surface area (Å²) in [6, 6.07) is 1.86. The third kappa shape index (κ3) is 3.19. The Balaban J connectivity index is 3.07. The van der Waals surface area contributed by atoms with Crippen LogP contribution in [0.2, 0.25) is 0 Å². The first-order chi connectivity index (χ1) is 7.64. The van der Waals surface area contributed by atoms with Crippen LogP contribution in [0, 0.1) is 5.41 Å². The Morgan fingerprint density at radius 1 is 1.18 bits per heavy atom. The first-order valence-electron chi connectivity index (χ1n) is 5.99. The van der Waals surface area contributed by atoms with Crippen molar-refractivity contribution in [2.45, 2.75) is 53.2 Å². The Labute approximate surface area is 104 Å². The molecule has 17 heavy (non-hydrogen) atoms. The van der Waals surface area contributed by atoms with Crippen molar-refractivity contribution in [2.75, 3.05) is 0 Å². The Bertz CT molecular complexity index is 378. The van der Waals surface area contributed by atoms with Crippen molar-refractivity contribution >= 4 is 0 Å². The van der Waals surface area contributed by atoms with Gasteiger partial charge in [-0.15, -0.1) is 0 Å². The molecule has 1 N–H and O–H groups in total. The zero-order valence-corrected chi connectivity index (χ0v) is 11.6. The minimum absolute atomic E-state index is 0.103. The molecule has 0 fully saturated rings. The molecule has 1 atom stereocenters. The Kier molecular flexibility index (Phi) is 3.82. The Hall–Kier alpha value is -1.09. The molecule has 1 aromatic rings. The highest BCUT2D eigenvalue weighted by Crippen LogP contribution is 2.39. The molecule has 0 bridgehead atoms. The molecular formula is C14H23NO2. The van der Waals surface area contributed by atoms with Gasteiger partial charge in [0.05, 0.1) is 17.9 Å². The van der Waals surface area contributed by atoms with Gasteiger partial charge in [0.1, 0.15) is 5.75 Å². The highest BCUT2D eigenvalue weighted by Gasteiger charge is 2.37. The van der Waals surface area contributed by atoms with Crippen LogP contribution in [-0.2, 0) is 5.60 Å². The van der Waals surface area contributed by atoms with Crippen molar-refractivity contribution in [1.29, 1.82) is 0 Å². The lowest BCUT2D eigenvalue weighted by molar-refractivity contribution is -0.0474. The summed E-state index contributed by atoms with van der Waals surface area (Å²) in [5, 5.41) is 10.6. The molecule has 3 nitrogen and oxygen atoms in total. The van der Waals surface area contributed by atoms with Gasteiger partial charge in [0, 0.05) is 11.8 Å². The number of pyridine rings is 1. The van der Waals surface area contributed by atoms with Gasteiger partial charge in [0.25, 0.3) is 0 Å². The molecule has 3 heteroatoms. The topological polar surface area (TPSA) is 42.4 Å². The van der Waals surface area contributed by atoms with E-state index in [0.717, 1.165) is 5.56 Å². The maximum absolute atomic E-state index is 10.6. The normalized spacial score (nSPS) is 15.8. The minimum Gasteiger partial charge on any atom is -0.489 e. The highest BCUT2D eigenvalue weighted by molar-refractivity contribution is 5.29. The third-order valence-electron chi connectivity index (χ3n) is 3.11. The predicted molar refractivity (Wildman–Crippen MR) is 69.0 cm³/mol. The van der Waals surface area contributed by atoms with Crippen LogP contribution in [0.3, 0.4) is 0 Å². The number of aliphatic hydroxyl groups is 1. The van der Waals surface area contributed by atoms with Gasteiger partial charge in [0.2, 0.25) is 0 Å². The zero-order chi connectivity index (χ0) is 13.3. The maximum Gasteiger partial charge on any atom is 0.138 e. The summed E-state index contributed by atoms with van der Waals surface area (Å²) >= 11 is 0. The second-order valence-corrected chi connectivity index (χ2v) is 5.90. The van der Waals surface area contributed by atoms with E-state index in [0.29, 0.717) is 5.75 Å². The smallest absolute Gasteiger partial charge is 0.138 e. The number of rotatable bonds is 3. The summed E-state index contributed by atoms with van der Waals surface area (Å²) in [5.41, 5.74) is -0.412. The molecule has 0 saturated heterocycles. The summed E-state index contributed by atoms with van der Waals surface area (Å²) < 4.78 is 5.59. The van der Waals surface area contributed by atoms with Crippen molar-refractivity contribution in [2.24, 2.45) is 5.41 Å². The maximum atomic E-state index is 10.6. The van der Waals surface area contributed by atoms with E-state index in [2.05, 4.69) is 4.98 Å². The van der Waals surface area contributed by atoms with Crippen molar-refractivity contribution in [3.8, 4) is 5.75 Å². The van der Waals surface area contributed by atoms with Crippen molar-refractivity contribution < 1.29 is 9.84 Å². The van der Waals surface area contributed by atoms with E-state index in [-0.39, 0.29) is 11.5 Å². The lowest BCUT2D eigenvalue weighted by Crippen LogP contribution is -2.37. The zero-order valence-electron chi connectivity index (χ0n) is 11.6. The van der Waals surface area contributed by atoms with Crippen molar-refractivity contribution in [1.82, 2.24) is 4.98 Å². The number of aromatic nitrogens is 1. The van der Waals surface area contributed by atoms with Gasteiger partial charge in [-0.05, 0) is 32.3 Å². The predicted octanol–water partition coefficient (Wildman–Crippen LogP) is 3.12. The lowest BCUT2D eigenvalue weighted by Gasteiger charge is -2.37. The Morgan fingerprint density at radius 2 is 1.76 bits per heavy atom. The number of hydrogen-bond donors (Lipinski definition) is 1. The molecule has 0 aliphatic carbocycles. The number of nitrogens with zero attached hydrogens (tertiary/aromatic N) is 1. The fourth-order valence-electron chi connectivity index (χ4n) is 1.45. The second kappa shape index (κ2) is 4.65. The summed E-state index contributed by atoms with van der Waals surface area (Å²) in [6.07, 6.45) is 3.47.